The van der Waals surface area contributed by atoms with Crippen LogP contribution in [0.4, 0.5) is 0 Å². The zero-order valence-corrected chi connectivity index (χ0v) is 9.13. The lowest BCUT2D eigenvalue weighted by molar-refractivity contribution is 0.235. The Morgan fingerprint density at radius 3 is 2.86 bits per heavy atom. The van der Waals surface area contributed by atoms with Gasteiger partial charge in [-0.05, 0) is 39.4 Å². The Labute approximate surface area is 86.5 Å². The standard InChI is InChI=1S/C10H23N3O/c1-13-6-2-3-10(9-11,4-7-13)12-5-8-14/h12,14H,2-9,11H2,1H3. The monoisotopic (exact) mass is 201 g/mol. The van der Waals surface area contributed by atoms with Crippen LogP contribution in [0.25, 0.3) is 0 Å². The van der Waals surface area contributed by atoms with Gasteiger partial charge in [-0.2, -0.15) is 0 Å². The molecule has 4 N–H and O–H groups in total. The van der Waals surface area contributed by atoms with E-state index in [1.165, 1.54) is 6.42 Å². The molecule has 0 amide bonds. The Balaban J connectivity index is 2.49. The highest BCUT2D eigenvalue weighted by Crippen LogP contribution is 2.20. The summed E-state index contributed by atoms with van der Waals surface area (Å²) < 4.78 is 0. The molecule has 0 aromatic carbocycles. The van der Waals surface area contributed by atoms with Gasteiger partial charge < -0.3 is 21.1 Å². The first-order valence-electron chi connectivity index (χ1n) is 5.47. The predicted molar refractivity (Wildman–Crippen MR) is 58.2 cm³/mol. The van der Waals surface area contributed by atoms with E-state index in [0.29, 0.717) is 13.1 Å². The van der Waals surface area contributed by atoms with Crippen LogP contribution in [0.2, 0.25) is 0 Å². The molecule has 0 aliphatic carbocycles. The average molecular weight is 201 g/mol. The quantitative estimate of drug-likeness (QED) is 0.567. The van der Waals surface area contributed by atoms with Crippen LogP contribution in [-0.2, 0) is 0 Å². The van der Waals surface area contributed by atoms with E-state index in [-0.39, 0.29) is 12.1 Å². The molecule has 4 heteroatoms. The molecule has 1 atom stereocenters. The summed E-state index contributed by atoms with van der Waals surface area (Å²) in [4.78, 5) is 2.35. The van der Waals surface area contributed by atoms with E-state index in [4.69, 9.17) is 10.8 Å². The van der Waals surface area contributed by atoms with Gasteiger partial charge in [-0.3, -0.25) is 0 Å². The first-order valence-corrected chi connectivity index (χ1v) is 5.47. The largest absolute Gasteiger partial charge is 0.395 e. The molecule has 0 bridgehead atoms. The molecule has 1 aliphatic rings. The number of nitrogens with zero attached hydrogens (tertiary/aromatic N) is 1. The van der Waals surface area contributed by atoms with Crippen LogP contribution in [0, 0.1) is 0 Å². The highest BCUT2D eigenvalue weighted by atomic mass is 16.3. The van der Waals surface area contributed by atoms with Crippen LogP contribution in [0.1, 0.15) is 19.3 Å². The summed E-state index contributed by atoms with van der Waals surface area (Å²) in [5.74, 6) is 0. The second-order valence-corrected chi connectivity index (χ2v) is 4.29. The molecule has 84 valence electrons. The van der Waals surface area contributed by atoms with Crippen molar-refractivity contribution in [1.82, 2.24) is 10.2 Å². The maximum Gasteiger partial charge on any atom is 0.0556 e. The van der Waals surface area contributed by atoms with Crippen LogP contribution in [-0.4, -0.2) is 55.4 Å². The molecule has 1 rings (SSSR count). The van der Waals surface area contributed by atoms with Crippen molar-refractivity contribution < 1.29 is 5.11 Å². The van der Waals surface area contributed by atoms with Crippen molar-refractivity contribution in [2.45, 2.75) is 24.8 Å². The number of aliphatic hydroxyl groups is 1. The van der Waals surface area contributed by atoms with Crippen molar-refractivity contribution in [3.8, 4) is 0 Å². The molecular formula is C10H23N3O. The van der Waals surface area contributed by atoms with E-state index in [9.17, 15) is 0 Å². The van der Waals surface area contributed by atoms with E-state index < -0.39 is 0 Å². The fraction of sp³-hybridized carbons (Fsp3) is 1.00. The summed E-state index contributed by atoms with van der Waals surface area (Å²) in [6.45, 7) is 3.76. The number of aliphatic hydroxyl groups excluding tert-OH is 1. The van der Waals surface area contributed by atoms with Crippen molar-refractivity contribution in [2.75, 3.05) is 39.8 Å². The molecule has 4 nitrogen and oxygen atoms in total. The van der Waals surface area contributed by atoms with Crippen LogP contribution in [0.3, 0.4) is 0 Å². The van der Waals surface area contributed by atoms with Crippen molar-refractivity contribution >= 4 is 0 Å². The number of rotatable bonds is 4. The Hall–Kier alpha value is -0.160. The molecule has 0 spiro atoms. The molecule has 1 saturated heterocycles. The fourth-order valence-electron chi connectivity index (χ4n) is 2.10. The molecule has 0 aromatic heterocycles. The van der Waals surface area contributed by atoms with Gasteiger partial charge in [-0.1, -0.05) is 0 Å². The van der Waals surface area contributed by atoms with Crippen molar-refractivity contribution in [3.63, 3.8) is 0 Å². The first kappa shape index (κ1) is 11.9. The van der Waals surface area contributed by atoms with Gasteiger partial charge in [0.2, 0.25) is 0 Å². The number of hydrogen-bond donors (Lipinski definition) is 3. The van der Waals surface area contributed by atoms with Gasteiger partial charge in [0.15, 0.2) is 0 Å². The van der Waals surface area contributed by atoms with Gasteiger partial charge in [0.05, 0.1) is 6.61 Å². The lowest BCUT2D eigenvalue weighted by Gasteiger charge is -2.32. The highest BCUT2D eigenvalue weighted by molar-refractivity contribution is 4.91. The third-order valence-electron chi connectivity index (χ3n) is 3.17. The molecule has 0 saturated carbocycles. The number of nitrogens with one attached hydrogen (secondary N) is 1. The summed E-state index contributed by atoms with van der Waals surface area (Å²) in [6.07, 6.45) is 3.39. The maximum atomic E-state index is 8.82. The van der Waals surface area contributed by atoms with Crippen LogP contribution in [0.15, 0.2) is 0 Å². The molecule has 0 radical (unpaired) electrons. The minimum atomic E-state index is 0.0630. The Morgan fingerprint density at radius 1 is 1.43 bits per heavy atom. The first-order chi connectivity index (χ1) is 6.72. The van der Waals surface area contributed by atoms with Gasteiger partial charge in [0, 0.05) is 18.6 Å². The third-order valence-corrected chi connectivity index (χ3v) is 3.17. The number of likely N-dealkylation sites (tertiary alicyclic amines) is 1. The highest BCUT2D eigenvalue weighted by Gasteiger charge is 2.29. The minimum absolute atomic E-state index is 0.0630. The van der Waals surface area contributed by atoms with Gasteiger partial charge in [-0.15, -0.1) is 0 Å². The predicted octanol–water partition coefficient (Wildman–Crippen LogP) is -0.618. The van der Waals surface area contributed by atoms with Crippen molar-refractivity contribution in [3.05, 3.63) is 0 Å². The van der Waals surface area contributed by atoms with Crippen molar-refractivity contribution in [2.24, 2.45) is 5.73 Å². The third kappa shape index (κ3) is 3.20. The van der Waals surface area contributed by atoms with E-state index in [1.807, 2.05) is 0 Å². The molecule has 1 fully saturated rings. The summed E-state index contributed by atoms with van der Waals surface area (Å²) in [5.41, 5.74) is 5.89. The lowest BCUT2D eigenvalue weighted by Crippen LogP contribution is -2.52. The van der Waals surface area contributed by atoms with Gasteiger partial charge in [-0.25, -0.2) is 0 Å². The molecule has 1 heterocycles. The van der Waals surface area contributed by atoms with E-state index >= 15 is 0 Å². The maximum absolute atomic E-state index is 8.82. The van der Waals surface area contributed by atoms with Crippen LogP contribution >= 0.6 is 0 Å². The minimum Gasteiger partial charge on any atom is -0.395 e. The number of β-amino-alcohol motifs (C(OH)–C–C–N with tert-alkyl or cyclic N) is 1. The van der Waals surface area contributed by atoms with Crippen molar-refractivity contribution in [1.29, 1.82) is 0 Å². The summed E-state index contributed by atoms with van der Waals surface area (Å²) >= 11 is 0. The SMILES string of the molecule is CN1CCCC(CN)(NCCO)CC1. The molecular weight excluding hydrogens is 178 g/mol. The van der Waals surface area contributed by atoms with Crippen LogP contribution in [0.5, 0.6) is 0 Å². The summed E-state index contributed by atoms with van der Waals surface area (Å²) in [7, 11) is 2.15. The van der Waals surface area contributed by atoms with Gasteiger partial charge >= 0.3 is 0 Å². The molecule has 1 unspecified atom stereocenters. The Kier molecular flexibility index (Phi) is 4.81. The molecule has 14 heavy (non-hydrogen) atoms. The number of hydrogen-bond acceptors (Lipinski definition) is 4. The Bertz CT molecular complexity index is 161. The smallest absolute Gasteiger partial charge is 0.0556 e. The zero-order valence-electron chi connectivity index (χ0n) is 9.13. The van der Waals surface area contributed by atoms with Gasteiger partial charge in [0.1, 0.15) is 0 Å². The molecule has 1 aliphatic heterocycles. The average Bonchev–Trinajstić information content (AvgIpc) is 2.39. The summed E-state index contributed by atoms with van der Waals surface area (Å²) in [6, 6.07) is 0. The number of nitrogens with two attached hydrogens (primary N) is 1. The second-order valence-electron chi connectivity index (χ2n) is 4.29. The van der Waals surface area contributed by atoms with E-state index in [2.05, 4.69) is 17.3 Å². The topological polar surface area (TPSA) is 61.5 Å². The summed E-state index contributed by atoms with van der Waals surface area (Å²) in [5, 5.41) is 12.2. The second kappa shape index (κ2) is 5.66. The zero-order chi connectivity index (χ0) is 10.4. The van der Waals surface area contributed by atoms with Gasteiger partial charge in [0.25, 0.3) is 0 Å². The lowest BCUT2D eigenvalue weighted by atomic mass is 9.90. The molecule has 0 aromatic rings. The fourth-order valence-corrected chi connectivity index (χ4v) is 2.10. The van der Waals surface area contributed by atoms with E-state index in [0.717, 1.165) is 25.9 Å². The Morgan fingerprint density at radius 2 is 2.21 bits per heavy atom. The van der Waals surface area contributed by atoms with Crippen LogP contribution < -0.4 is 11.1 Å². The van der Waals surface area contributed by atoms with E-state index in [1.54, 1.807) is 0 Å². The normalized spacial score (nSPS) is 30.2.